The lowest BCUT2D eigenvalue weighted by atomic mass is 10.1. The molecule has 3 aromatic rings. The third kappa shape index (κ3) is 2.85. The van der Waals surface area contributed by atoms with Crippen molar-refractivity contribution in [1.82, 2.24) is 9.55 Å². The maximum atomic E-state index is 12.7. The topological polar surface area (TPSA) is 64.0 Å². The molecule has 2 heterocycles. The van der Waals surface area contributed by atoms with Gasteiger partial charge in [0.15, 0.2) is 0 Å². The van der Waals surface area contributed by atoms with E-state index in [1.165, 1.54) is 4.57 Å². The molecular formula is C18H17N3O2. The van der Waals surface area contributed by atoms with E-state index in [9.17, 15) is 9.59 Å². The first-order chi connectivity index (χ1) is 11.1. The molecule has 5 nitrogen and oxygen atoms in total. The summed E-state index contributed by atoms with van der Waals surface area (Å²) >= 11 is 0. The molecule has 0 aliphatic carbocycles. The van der Waals surface area contributed by atoms with Crippen molar-refractivity contribution in [3.63, 3.8) is 0 Å². The molecule has 1 N–H and O–H groups in total. The maximum Gasteiger partial charge on any atom is 0.272 e. The SMILES string of the molecule is CC(C)n1c(C(=O)Nc2cccnc2)cc2ccccc2c1=O. The van der Waals surface area contributed by atoms with E-state index in [-0.39, 0.29) is 17.5 Å². The van der Waals surface area contributed by atoms with Crippen molar-refractivity contribution in [2.45, 2.75) is 19.9 Å². The lowest BCUT2D eigenvalue weighted by Gasteiger charge is -2.17. The van der Waals surface area contributed by atoms with Gasteiger partial charge in [0, 0.05) is 17.6 Å². The van der Waals surface area contributed by atoms with Crippen LogP contribution in [0.5, 0.6) is 0 Å². The molecule has 0 unspecified atom stereocenters. The van der Waals surface area contributed by atoms with E-state index in [0.717, 1.165) is 5.39 Å². The number of aromatic nitrogens is 2. The smallest absolute Gasteiger partial charge is 0.272 e. The summed E-state index contributed by atoms with van der Waals surface area (Å²) < 4.78 is 1.52. The molecule has 2 aromatic heterocycles. The van der Waals surface area contributed by atoms with Gasteiger partial charge in [0.25, 0.3) is 11.5 Å². The van der Waals surface area contributed by atoms with E-state index in [2.05, 4.69) is 10.3 Å². The van der Waals surface area contributed by atoms with Gasteiger partial charge in [-0.15, -0.1) is 0 Å². The Balaban J connectivity index is 2.14. The molecule has 0 atom stereocenters. The van der Waals surface area contributed by atoms with Crippen LogP contribution in [0.25, 0.3) is 10.8 Å². The average molecular weight is 307 g/mol. The Kier molecular flexibility index (Phi) is 3.93. The second kappa shape index (κ2) is 6.04. The van der Waals surface area contributed by atoms with Crippen LogP contribution in [0.1, 0.15) is 30.4 Å². The fourth-order valence-electron chi connectivity index (χ4n) is 2.59. The van der Waals surface area contributed by atoms with Crippen molar-refractivity contribution in [3.05, 3.63) is 70.9 Å². The summed E-state index contributed by atoms with van der Waals surface area (Å²) in [5, 5.41) is 4.15. The highest BCUT2D eigenvalue weighted by Gasteiger charge is 2.17. The Labute approximate surface area is 133 Å². The number of carbonyl (C=O) groups is 1. The molecule has 0 aliphatic rings. The lowest BCUT2D eigenvalue weighted by Crippen LogP contribution is -2.30. The van der Waals surface area contributed by atoms with Gasteiger partial charge in [-0.3, -0.25) is 14.6 Å². The molecular weight excluding hydrogens is 290 g/mol. The van der Waals surface area contributed by atoms with Gasteiger partial charge in [-0.25, -0.2) is 0 Å². The standard InChI is InChI=1S/C18H17N3O2/c1-12(2)21-16(17(22)20-14-7-5-9-19-11-14)10-13-6-3-4-8-15(13)18(21)23/h3-12H,1-2H3,(H,20,22). The molecule has 3 rings (SSSR count). The lowest BCUT2D eigenvalue weighted by molar-refractivity contribution is 0.101. The predicted octanol–water partition coefficient (Wildman–Crippen LogP) is 3.23. The van der Waals surface area contributed by atoms with Crippen molar-refractivity contribution in [2.75, 3.05) is 5.32 Å². The first kappa shape index (κ1) is 15.0. The second-order valence-corrected chi connectivity index (χ2v) is 5.58. The molecule has 0 bridgehead atoms. The number of nitrogens with zero attached hydrogens (tertiary/aromatic N) is 2. The van der Waals surface area contributed by atoms with Crippen LogP contribution in [-0.2, 0) is 0 Å². The molecule has 0 fully saturated rings. The molecule has 23 heavy (non-hydrogen) atoms. The van der Waals surface area contributed by atoms with E-state index in [1.54, 1.807) is 36.7 Å². The summed E-state index contributed by atoms with van der Waals surface area (Å²) in [7, 11) is 0. The van der Waals surface area contributed by atoms with Crippen LogP contribution in [0.15, 0.2) is 59.7 Å². The minimum atomic E-state index is -0.324. The average Bonchev–Trinajstić information content (AvgIpc) is 2.55. The van der Waals surface area contributed by atoms with E-state index < -0.39 is 0 Å². The minimum Gasteiger partial charge on any atom is -0.319 e. The van der Waals surface area contributed by atoms with Gasteiger partial charge in [-0.05, 0) is 43.5 Å². The molecule has 0 radical (unpaired) electrons. The third-order valence-corrected chi connectivity index (χ3v) is 3.63. The van der Waals surface area contributed by atoms with Crippen molar-refractivity contribution in [3.8, 4) is 0 Å². The van der Waals surface area contributed by atoms with Crippen molar-refractivity contribution < 1.29 is 4.79 Å². The van der Waals surface area contributed by atoms with Crippen molar-refractivity contribution in [1.29, 1.82) is 0 Å². The Morgan fingerprint density at radius 1 is 1.17 bits per heavy atom. The fourth-order valence-corrected chi connectivity index (χ4v) is 2.59. The first-order valence-electron chi connectivity index (χ1n) is 7.43. The predicted molar refractivity (Wildman–Crippen MR) is 90.8 cm³/mol. The van der Waals surface area contributed by atoms with Gasteiger partial charge in [-0.1, -0.05) is 18.2 Å². The zero-order valence-electron chi connectivity index (χ0n) is 13.0. The van der Waals surface area contributed by atoms with Crippen LogP contribution in [0.3, 0.4) is 0 Å². The van der Waals surface area contributed by atoms with E-state index in [0.29, 0.717) is 16.8 Å². The number of benzene rings is 1. The van der Waals surface area contributed by atoms with Crippen LogP contribution in [0.4, 0.5) is 5.69 Å². The van der Waals surface area contributed by atoms with Gasteiger partial charge in [0.2, 0.25) is 0 Å². The van der Waals surface area contributed by atoms with Gasteiger partial charge in [-0.2, -0.15) is 0 Å². The van der Waals surface area contributed by atoms with Crippen molar-refractivity contribution >= 4 is 22.4 Å². The fraction of sp³-hybridized carbons (Fsp3) is 0.167. The second-order valence-electron chi connectivity index (χ2n) is 5.58. The summed E-state index contributed by atoms with van der Waals surface area (Å²) in [5.41, 5.74) is 0.774. The molecule has 0 saturated heterocycles. The van der Waals surface area contributed by atoms with Crippen molar-refractivity contribution in [2.24, 2.45) is 0 Å². The number of hydrogen-bond donors (Lipinski definition) is 1. The van der Waals surface area contributed by atoms with Gasteiger partial charge in [0.05, 0.1) is 11.9 Å². The molecule has 0 spiro atoms. The Bertz CT molecular complexity index is 914. The molecule has 1 aromatic carbocycles. The highest BCUT2D eigenvalue weighted by molar-refractivity contribution is 6.05. The number of carbonyl (C=O) groups excluding carboxylic acids is 1. The summed E-state index contributed by atoms with van der Waals surface area (Å²) in [6, 6.07) is 12.4. The summed E-state index contributed by atoms with van der Waals surface area (Å²) in [6.07, 6.45) is 3.20. The number of fused-ring (bicyclic) bond motifs is 1. The number of hydrogen-bond acceptors (Lipinski definition) is 3. The number of anilines is 1. The normalized spacial score (nSPS) is 10.9. The molecule has 0 saturated carbocycles. The van der Waals surface area contributed by atoms with Crippen LogP contribution in [0, 0.1) is 0 Å². The quantitative estimate of drug-likeness (QED) is 0.808. The number of pyridine rings is 2. The number of rotatable bonds is 3. The van der Waals surface area contributed by atoms with Crippen LogP contribution in [0.2, 0.25) is 0 Å². The highest BCUT2D eigenvalue weighted by Crippen LogP contribution is 2.17. The van der Waals surface area contributed by atoms with Gasteiger partial charge >= 0.3 is 0 Å². The minimum absolute atomic E-state index is 0.123. The Morgan fingerprint density at radius 3 is 2.65 bits per heavy atom. The monoisotopic (exact) mass is 307 g/mol. The molecule has 1 amide bonds. The van der Waals surface area contributed by atoms with Gasteiger partial charge < -0.3 is 9.88 Å². The summed E-state index contributed by atoms with van der Waals surface area (Å²) in [5.74, 6) is -0.324. The Morgan fingerprint density at radius 2 is 1.96 bits per heavy atom. The Hall–Kier alpha value is -2.95. The van der Waals surface area contributed by atoms with Gasteiger partial charge in [0.1, 0.15) is 5.69 Å². The first-order valence-corrected chi connectivity index (χ1v) is 7.43. The number of nitrogens with one attached hydrogen (secondary N) is 1. The van der Waals surface area contributed by atoms with E-state index >= 15 is 0 Å². The number of amides is 1. The largest absolute Gasteiger partial charge is 0.319 e. The molecule has 116 valence electrons. The van der Waals surface area contributed by atoms with Crippen LogP contribution in [-0.4, -0.2) is 15.5 Å². The maximum absolute atomic E-state index is 12.7. The third-order valence-electron chi connectivity index (χ3n) is 3.63. The van der Waals surface area contributed by atoms with E-state index in [4.69, 9.17) is 0 Å². The van der Waals surface area contributed by atoms with Crippen LogP contribution < -0.4 is 10.9 Å². The summed E-state index contributed by atoms with van der Waals surface area (Å²) in [4.78, 5) is 29.3. The zero-order chi connectivity index (χ0) is 16.4. The molecule has 0 aliphatic heterocycles. The highest BCUT2D eigenvalue weighted by atomic mass is 16.2. The zero-order valence-corrected chi connectivity index (χ0v) is 13.0. The van der Waals surface area contributed by atoms with Crippen LogP contribution >= 0.6 is 0 Å². The van der Waals surface area contributed by atoms with E-state index in [1.807, 2.05) is 32.0 Å². The summed E-state index contributed by atoms with van der Waals surface area (Å²) in [6.45, 7) is 3.77. The molecule has 5 heteroatoms.